The van der Waals surface area contributed by atoms with Crippen LogP contribution in [0.3, 0.4) is 0 Å². The summed E-state index contributed by atoms with van der Waals surface area (Å²) in [4.78, 5) is 5.56. The van der Waals surface area contributed by atoms with Gasteiger partial charge >= 0.3 is 0 Å². The Kier molecular flexibility index (Phi) is 4.48. The minimum atomic E-state index is -0.438. The van der Waals surface area contributed by atoms with Crippen molar-refractivity contribution in [3.05, 3.63) is 50.7 Å². The molecule has 0 saturated carbocycles. The van der Waals surface area contributed by atoms with Crippen LogP contribution in [0, 0.1) is 31.0 Å². The second-order valence-corrected chi connectivity index (χ2v) is 5.91. The number of nitrogens with zero attached hydrogens (tertiary/aromatic N) is 2. The summed E-state index contributed by atoms with van der Waals surface area (Å²) >= 11 is 1.65. The molecular formula is C15H16FN3S. The highest BCUT2D eigenvalue weighted by Gasteiger charge is 2.14. The first-order valence-electron chi connectivity index (χ1n) is 6.37. The number of rotatable bonds is 4. The molecule has 1 N–H and O–H groups in total. The van der Waals surface area contributed by atoms with Gasteiger partial charge in [0.15, 0.2) is 0 Å². The number of nitriles is 1. The van der Waals surface area contributed by atoms with Crippen molar-refractivity contribution in [1.29, 1.82) is 5.26 Å². The summed E-state index contributed by atoms with van der Waals surface area (Å²) in [7, 11) is 0. The van der Waals surface area contributed by atoms with E-state index in [-0.39, 0.29) is 11.6 Å². The van der Waals surface area contributed by atoms with E-state index in [4.69, 9.17) is 5.26 Å². The van der Waals surface area contributed by atoms with Gasteiger partial charge in [0.1, 0.15) is 11.9 Å². The zero-order valence-corrected chi connectivity index (χ0v) is 12.5. The van der Waals surface area contributed by atoms with Gasteiger partial charge in [0.25, 0.3) is 0 Å². The Balaban J connectivity index is 2.10. The molecule has 1 heterocycles. The van der Waals surface area contributed by atoms with Crippen LogP contribution in [0.5, 0.6) is 0 Å². The van der Waals surface area contributed by atoms with E-state index in [2.05, 4.69) is 10.3 Å². The first kappa shape index (κ1) is 14.6. The maximum Gasteiger partial charge on any atom is 0.145 e. The molecule has 1 unspecified atom stereocenters. The molecule has 104 valence electrons. The summed E-state index contributed by atoms with van der Waals surface area (Å²) < 4.78 is 13.9. The lowest BCUT2D eigenvalue weighted by Gasteiger charge is -2.13. The fraction of sp³-hybridized carbons (Fsp3) is 0.333. The zero-order valence-electron chi connectivity index (χ0n) is 11.7. The molecule has 1 atom stereocenters. The Bertz CT molecular complexity index is 658. The standard InChI is InChI=1S/C15H16FN3S/c1-9(15-10(2)19-11(3)20-15)18-8-13-6-4-5-12(7-17)14(13)16/h4-6,9,18H,8H2,1-3H3. The molecule has 0 fully saturated rings. The minimum absolute atomic E-state index is 0.0850. The van der Waals surface area contributed by atoms with Crippen LogP contribution in [0.2, 0.25) is 0 Å². The molecule has 0 bridgehead atoms. The van der Waals surface area contributed by atoms with E-state index < -0.39 is 5.82 Å². The second-order valence-electron chi connectivity index (χ2n) is 4.68. The molecule has 1 aromatic carbocycles. The number of aryl methyl sites for hydroxylation is 2. The van der Waals surface area contributed by atoms with Gasteiger partial charge in [-0.3, -0.25) is 0 Å². The molecule has 2 rings (SSSR count). The average Bonchev–Trinajstić information content (AvgIpc) is 2.76. The predicted molar refractivity (Wildman–Crippen MR) is 78.0 cm³/mol. The van der Waals surface area contributed by atoms with Crippen LogP contribution in [0.25, 0.3) is 0 Å². The summed E-state index contributed by atoms with van der Waals surface area (Å²) in [6.07, 6.45) is 0. The Labute approximate surface area is 122 Å². The van der Waals surface area contributed by atoms with E-state index >= 15 is 0 Å². The van der Waals surface area contributed by atoms with Gasteiger partial charge in [0, 0.05) is 23.0 Å². The SMILES string of the molecule is Cc1nc(C)c(C(C)NCc2cccc(C#N)c2F)s1. The van der Waals surface area contributed by atoms with Gasteiger partial charge in [0.05, 0.1) is 16.3 Å². The van der Waals surface area contributed by atoms with Gasteiger partial charge in [-0.15, -0.1) is 11.3 Å². The van der Waals surface area contributed by atoms with E-state index in [1.807, 2.05) is 26.8 Å². The molecule has 1 aromatic heterocycles. The zero-order chi connectivity index (χ0) is 14.7. The number of thiazole rings is 1. The number of nitrogens with one attached hydrogen (secondary N) is 1. The lowest BCUT2D eigenvalue weighted by molar-refractivity contribution is 0.546. The van der Waals surface area contributed by atoms with Gasteiger partial charge in [-0.1, -0.05) is 12.1 Å². The molecule has 0 aliphatic heterocycles. The van der Waals surface area contributed by atoms with E-state index in [0.29, 0.717) is 12.1 Å². The second kappa shape index (κ2) is 6.12. The van der Waals surface area contributed by atoms with Crippen molar-refractivity contribution < 1.29 is 4.39 Å². The van der Waals surface area contributed by atoms with Crippen LogP contribution in [-0.2, 0) is 6.54 Å². The van der Waals surface area contributed by atoms with E-state index in [9.17, 15) is 4.39 Å². The summed E-state index contributed by atoms with van der Waals surface area (Å²) in [5, 5.41) is 13.1. The Morgan fingerprint density at radius 3 is 2.80 bits per heavy atom. The molecule has 5 heteroatoms. The maximum atomic E-state index is 13.9. The summed E-state index contributed by atoms with van der Waals surface area (Å²) in [5.41, 5.74) is 1.61. The molecule has 0 radical (unpaired) electrons. The summed E-state index contributed by atoms with van der Waals surface area (Å²) in [6, 6.07) is 6.84. The van der Waals surface area contributed by atoms with Gasteiger partial charge in [-0.2, -0.15) is 5.26 Å². The minimum Gasteiger partial charge on any atom is -0.305 e. The van der Waals surface area contributed by atoms with Crippen molar-refractivity contribution in [3.8, 4) is 6.07 Å². The van der Waals surface area contributed by atoms with Crippen LogP contribution < -0.4 is 5.32 Å². The normalized spacial score (nSPS) is 12.2. The summed E-state index contributed by atoms with van der Waals surface area (Å²) in [5.74, 6) is -0.438. The molecule has 2 aromatic rings. The van der Waals surface area contributed by atoms with Gasteiger partial charge < -0.3 is 5.32 Å². The van der Waals surface area contributed by atoms with Gasteiger partial charge in [0.2, 0.25) is 0 Å². The Hall–Kier alpha value is -1.77. The fourth-order valence-electron chi connectivity index (χ4n) is 2.11. The first-order chi connectivity index (χ1) is 9.52. The third kappa shape index (κ3) is 3.03. The van der Waals surface area contributed by atoms with Crippen molar-refractivity contribution in [3.63, 3.8) is 0 Å². The number of hydrogen-bond donors (Lipinski definition) is 1. The molecule has 0 aliphatic carbocycles. The monoisotopic (exact) mass is 289 g/mol. The number of halogens is 1. The third-order valence-corrected chi connectivity index (χ3v) is 4.39. The van der Waals surface area contributed by atoms with Crippen molar-refractivity contribution >= 4 is 11.3 Å². The number of benzene rings is 1. The van der Waals surface area contributed by atoms with Gasteiger partial charge in [-0.25, -0.2) is 9.37 Å². The Morgan fingerprint density at radius 1 is 1.45 bits per heavy atom. The van der Waals surface area contributed by atoms with E-state index in [1.54, 1.807) is 23.5 Å². The molecule has 3 nitrogen and oxygen atoms in total. The lowest BCUT2D eigenvalue weighted by atomic mass is 10.1. The van der Waals surface area contributed by atoms with Crippen molar-refractivity contribution in [2.75, 3.05) is 0 Å². The molecule has 0 amide bonds. The van der Waals surface area contributed by atoms with Crippen molar-refractivity contribution in [2.24, 2.45) is 0 Å². The van der Waals surface area contributed by atoms with Crippen LogP contribution >= 0.6 is 11.3 Å². The van der Waals surface area contributed by atoms with Gasteiger partial charge in [-0.05, 0) is 26.8 Å². The molecule has 0 saturated heterocycles. The quantitative estimate of drug-likeness (QED) is 0.935. The highest BCUT2D eigenvalue weighted by molar-refractivity contribution is 7.11. The smallest absolute Gasteiger partial charge is 0.145 e. The molecular weight excluding hydrogens is 273 g/mol. The average molecular weight is 289 g/mol. The van der Waals surface area contributed by atoms with Crippen LogP contribution in [0.15, 0.2) is 18.2 Å². The topological polar surface area (TPSA) is 48.7 Å². The predicted octanol–water partition coefficient (Wildman–Crippen LogP) is 3.62. The summed E-state index contributed by atoms with van der Waals surface area (Å²) in [6.45, 7) is 6.38. The van der Waals surface area contributed by atoms with E-state index in [0.717, 1.165) is 10.7 Å². The largest absolute Gasteiger partial charge is 0.305 e. The van der Waals surface area contributed by atoms with Crippen LogP contribution in [0.4, 0.5) is 4.39 Å². The van der Waals surface area contributed by atoms with Crippen LogP contribution in [-0.4, -0.2) is 4.98 Å². The molecule has 0 spiro atoms. The first-order valence-corrected chi connectivity index (χ1v) is 7.19. The maximum absolute atomic E-state index is 13.9. The van der Waals surface area contributed by atoms with E-state index in [1.165, 1.54) is 10.9 Å². The fourth-order valence-corrected chi connectivity index (χ4v) is 3.06. The molecule has 0 aliphatic rings. The number of aromatic nitrogens is 1. The van der Waals surface area contributed by atoms with Crippen molar-refractivity contribution in [2.45, 2.75) is 33.4 Å². The van der Waals surface area contributed by atoms with Crippen LogP contribution in [0.1, 0.15) is 39.7 Å². The highest BCUT2D eigenvalue weighted by atomic mass is 32.1. The number of hydrogen-bond acceptors (Lipinski definition) is 4. The van der Waals surface area contributed by atoms with Crippen molar-refractivity contribution in [1.82, 2.24) is 10.3 Å². The Morgan fingerprint density at radius 2 is 2.20 bits per heavy atom. The highest BCUT2D eigenvalue weighted by Crippen LogP contribution is 2.25. The molecule has 20 heavy (non-hydrogen) atoms. The lowest BCUT2D eigenvalue weighted by Crippen LogP contribution is -2.18. The third-order valence-electron chi connectivity index (χ3n) is 3.13.